The molecule has 1 aromatic rings. The van der Waals surface area contributed by atoms with Crippen LogP contribution in [0.15, 0.2) is 10.9 Å². The Morgan fingerprint density at radius 2 is 2.15 bits per heavy atom. The van der Waals surface area contributed by atoms with Gasteiger partial charge in [0, 0.05) is 0 Å². The first-order valence-corrected chi connectivity index (χ1v) is 3.17. The largest absolute Gasteiger partial charge is 0.311 e. The minimum Gasteiger partial charge on any atom is -0.311 e. The zero-order valence-corrected chi connectivity index (χ0v) is 6.14. The maximum atomic E-state index is 12.7. The Kier molecular flexibility index (Phi) is 2.37. The van der Waals surface area contributed by atoms with Crippen molar-refractivity contribution in [2.75, 3.05) is 0 Å². The van der Waals surface area contributed by atoms with Crippen LogP contribution in [0.1, 0.15) is 17.7 Å². The van der Waals surface area contributed by atoms with Crippen LogP contribution in [0.2, 0.25) is 0 Å². The van der Waals surface area contributed by atoms with Gasteiger partial charge in [-0.05, 0) is 6.07 Å². The van der Waals surface area contributed by atoms with Crippen LogP contribution >= 0.6 is 0 Å². The second-order valence-corrected chi connectivity index (χ2v) is 2.19. The molecule has 0 bridgehead atoms. The molecule has 0 aromatic carbocycles. The highest BCUT2D eigenvalue weighted by atomic mass is 19.3. The van der Waals surface area contributed by atoms with E-state index >= 15 is 0 Å². The van der Waals surface area contributed by atoms with Crippen molar-refractivity contribution in [3.05, 3.63) is 33.5 Å². The maximum absolute atomic E-state index is 12.7. The van der Waals surface area contributed by atoms with Gasteiger partial charge in [0.25, 0.3) is 12.0 Å². The van der Waals surface area contributed by atoms with Crippen molar-refractivity contribution in [3.8, 4) is 6.07 Å². The number of nitriles is 1. The molecule has 3 nitrogen and oxygen atoms in total. The molecule has 1 heterocycles. The molecule has 0 aliphatic heterocycles. The Morgan fingerprint density at radius 3 is 2.62 bits per heavy atom. The average Bonchev–Trinajstić information content (AvgIpc) is 2.07. The Hall–Kier alpha value is -1.77. The van der Waals surface area contributed by atoms with Crippen LogP contribution in [0.5, 0.6) is 0 Å². The molecule has 0 amide bonds. The number of hydrogen-bond acceptors (Lipinski definition) is 2. The molecule has 0 atom stereocenters. The fourth-order valence-corrected chi connectivity index (χ4v) is 0.763. The van der Waals surface area contributed by atoms with Crippen LogP contribution in [0.4, 0.5) is 13.2 Å². The van der Waals surface area contributed by atoms with Crippen molar-refractivity contribution in [1.82, 2.24) is 4.98 Å². The number of rotatable bonds is 1. The van der Waals surface area contributed by atoms with E-state index < -0.39 is 29.1 Å². The van der Waals surface area contributed by atoms with Gasteiger partial charge in [0.05, 0.1) is 5.56 Å². The summed E-state index contributed by atoms with van der Waals surface area (Å²) < 4.78 is 36.6. The third-order valence-corrected chi connectivity index (χ3v) is 1.37. The van der Waals surface area contributed by atoms with Gasteiger partial charge in [0.1, 0.15) is 6.07 Å². The molecule has 1 aromatic heterocycles. The molecular formula is C7H3F3N2O. The Labute approximate surface area is 70.4 Å². The van der Waals surface area contributed by atoms with Crippen LogP contribution < -0.4 is 5.56 Å². The Morgan fingerprint density at radius 1 is 1.54 bits per heavy atom. The van der Waals surface area contributed by atoms with Crippen LogP contribution in [0.3, 0.4) is 0 Å². The molecular weight excluding hydrogens is 185 g/mol. The van der Waals surface area contributed by atoms with E-state index in [4.69, 9.17) is 5.26 Å². The van der Waals surface area contributed by atoms with E-state index in [0.29, 0.717) is 6.07 Å². The van der Waals surface area contributed by atoms with E-state index in [1.807, 2.05) is 0 Å². The number of hydrogen-bond donors (Lipinski definition) is 1. The zero-order valence-electron chi connectivity index (χ0n) is 6.14. The predicted molar refractivity (Wildman–Crippen MR) is 36.7 cm³/mol. The third kappa shape index (κ3) is 1.69. The number of H-pyrrole nitrogens is 1. The van der Waals surface area contributed by atoms with Crippen molar-refractivity contribution < 1.29 is 13.2 Å². The number of aromatic nitrogens is 1. The van der Waals surface area contributed by atoms with Crippen molar-refractivity contribution in [1.29, 1.82) is 5.26 Å². The van der Waals surface area contributed by atoms with Crippen LogP contribution in [0, 0.1) is 17.1 Å². The van der Waals surface area contributed by atoms with Crippen LogP contribution in [-0.2, 0) is 0 Å². The highest BCUT2D eigenvalue weighted by molar-refractivity contribution is 5.25. The second-order valence-electron chi connectivity index (χ2n) is 2.19. The summed E-state index contributed by atoms with van der Waals surface area (Å²) in [6.45, 7) is 0. The lowest BCUT2D eigenvalue weighted by Gasteiger charge is -1.98. The third-order valence-electron chi connectivity index (χ3n) is 1.37. The smallest absolute Gasteiger partial charge is 0.269 e. The van der Waals surface area contributed by atoms with Crippen LogP contribution in [-0.4, -0.2) is 4.98 Å². The molecule has 13 heavy (non-hydrogen) atoms. The Bertz CT molecular complexity index is 419. The number of halogens is 3. The molecule has 0 fully saturated rings. The molecule has 1 N–H and O–H groups in total. The molecule has 0 saturated carbocycles. The summed E-state index contributed by atoms with van der Waals surface area (Å²) in [7, 11) is 0. The molecule has 0 spiro atoms. The molecule has 68 valence electrons. The Balaban J connectivity index is 3.40. The summed E-state index contributed by atoms with van der Waals surface area (Å²) in [4.78, 5) is 12.4. The topological polar surface area (TPSA) is 56.6 Å². The zero-order chi connectivity index (χ0) is 10.0. The standard InChI is InChI=1S/C7H3F3N2O/c8-4-1-3(6(9)10)7(13)12-5(4)2-11/h1,6H,(H,12,13). The number of nitrogens with zero attached hydrogens (tertiary/aromatic N) is 1. The van der Waals surface area contributed by atoms with E-state index in [9.17, 15) is 18.0 Å². The fraction of sp³-hybridized carbons (Fsp3) is 0.143. The van der Waals surface area contributed by atoms with Gasteiger partial charge in [-0.1, -0.05) is 0 Å². The first kappa shape index (κ1) is 9.32. The van der Waals surface area contributed by atoms with E-state index in [2.05, 4.69) is 0 Å². The molecule has 0 saturated heterocycles. The number of pyridine rings is 1. The molecule has 0 aliphatic rings. The minimum absolute atomic E-state index is 0.363. The van der Waals surface area contributed by atoms with Gasteiger partial charge >= 0.3 is 0 Å². The van der Waals surface area contributed by atoms with E-state index in [-0.39, 0.29) is 0 Å². The lowest BCUT2D eigenvalue weighted by atomic mass is 10.2. The number of nitrogens with one attached hydrogen (secondary N) is 1. The quantitative estimate of drug-likeness (QED) is 0.722. The number of aromatic amines is 1. The molecule has 0 radical (unpaired) electrons. The van der Waals surface area contributed by atoms with Gasteiger partial charge in [-0.2, -0.15) is 5.26 Å². The minimum atomic E-state index is -3.05. The maximum Gasteiger partial charge on any atom is 0.269 e. The van der Waals surface area contributed by atoms with Gasteiger partial charge in [-0.25, -0.2) is 13.2 Å². The second kappa shape index (κ2) is 3.31. The van der Waals surface area contributed by atoms with Gasteiger partial charge in [-0.3, -0.25) is 4.79 Å². The van der Waals surface area contributed by atoms with Gasteiger partial charge < -0.3 is 4.98 Å². The van der Waals surface area contributed by atoms with Gasteiger partial charge in [0.15, 0.2) is 11.5 Å². The first-order chi connectivity index (χ1) is 6.06. The molecule has 0 unspecified atom stereocenters. The molecule has 6 heteroatoms. The lowest BCUT2D eigenvalue weighted by Crippen LogP contribution is -2.15. The van der Waals surface area contributed by atoms with Gasteiger partial charge in [-0.15, -0.1) is 0 Å². The predicted octanol–water partition coefficient (Wildman–Crippen LogP) is 1.32. The van der Waals surface area contributed by atoms with Crippen molar-refractivity contribution in [2.24, 2.45) is 0 Å². The van der Waals surface area contributed by atoms with E-state index in [0.717, 1.165) is 0 Å². The molecule has 1 rings (SSSR count). The van der Waals surface area contributed by atoms with E-state index in [1.54, 1.807) is 4.98 Å². The summed E-state index contributed by atoms with van der Waals surface area (Å²) in [5.41, 5.74) is -2.76. The highest BCUT2D eigenvalue weighted by Crippen LogP contribution is 2.15. The summed E-state index contributed by atoms with van der Waals surface area (Å²) in [6, 6.07) is 1.69. The summed E-state index contributed by atoms with van der Waals surface area (Å²) in [5.74, 6) is -1.16. The van der Waals surface area contributed by atoms with Crippen LogP contribution in [0.25, 0.3) is 0 Å². The summed E-state index contributed by atoms with van der Waals surface area (Å²) in [5, 5.41) is 8.22. The fourth-order valence-electron chi connectivity index (χ4n) is 0.763. The summed E-state index contributed by atoms with van der Waals surface area (Å²) >= 11 is 0. The monoisotopic (exact) mass is 188 g/mol. The van der Waals surface area contributed by atoms with Crippen molar-refractivity contribution in [3.63, 3.8) is 0 Å². The van der Waals surface area contributed by atoms with E-state index in [1.165, 1.54) is 6.07 Å². The highest BCUT2D eigenvalue weighted by Gasteiger charge is 2.15. The number of alkyl halides is 2. The van der Waals surface area contributed by atoms with Crippen molar-refractivity contribution >= 4 is 0 Å². The lowest BCUT2D eigenvalue weighted by molar-refractivity contribution is 0.149. The summed E-state index contributed by atoms with van der Waals surface area (Å²) in [6.07, 6.45) is -3.05. The SMILES string of the molecule is N#Cc1[nH]c(=O)c(C(F)F)cc1F. The average molecular weight is 188 g/mol. The molecule has 0 aliphatic carbocycles. The normalized spacial score (nSPS) is 10.1. The van der Waals surface area contributed by atoms with Gasteiger partial charge in [0.2, 0.25) is 0 Å². The van der Waals surface area contributed by atoms with Crippen molar-refractivity contribution in [2.45, 2.75) is 6.43 Å². The first-order valence-electron chi connectivity index (χ1n) is 3.17.